The fraction of sp³-hybridized carbons (Fsp3) is 0.250. The van der Waals surface area contributed by atoms with Crippen LogP contribution in [0.4, 0.5) is 0 Å². The number of carbonyl (C=O) groups excluding carboxylic acids is 2. The summed E-state index contributed by atoms with van der Waals surface area (Å²) >= 11 is 5.07. The molecule has 2 atom stereocenters. The van der Waals surface area contributed by atoms with Crippen LogP contribution in [0.2, 0.25) is 0 Å². The Balaban J connectivity index is 1.48. The molecular weight excluding hydrogens is 378 g/mol. The lowest BCUT2D eigenvalue weighted by atomic mass is 10.1. The maximum atomic E-state index is 12.3. The van der Waals surface area contributed by atoms with E-state index in [0.29, 0.717) is 17.1 Å². The quantitative estimate of drug-likeness (QED) is 0.527. The van der Waals surface area contributed by atoms with Gasteiger partial charge in [0.1, 0.15) is 0 Å². The minimum absolute atomic E-state index is 0.00467. The van der Waals surface area contributed by atoms with Crippen LogP contribution in [0, 0.1) is 5.92 Å². The summed E-state index contributed by atoms with van der Waals surface area (Å²) in [7, 11) is 3.00. The highest BCUT2D eigenvalue weighted by Gasteiger charge is 2.43. The molecule has 2 aromatic rings. The van der Waals surface area contributed by atoms with E-state index in [1.54, 1.807) is 18.2 Å². The Bertz CT molecular complexity index is 888. The number of benzene rings is 2. The van der Waals surface area contributed by atoms with Crippen LogP contribution in [0.15, 0.2) is 48.5 Å². The molecule has 28 heavy (non-hydrogen) atoms. The molecule has 1 aliphatic rings. The van der Waals surface area contributed by atoms with Crippen molar-refractivity contribution in [3.8, 4) is 11.5 Å². The van der Waals surface area contributed by atoms with Crippen molar-refractivity contribution in [1.29, 1.82) is 0 Å². The summed E-state index contributed by atoms with van der Waals surface area (Å²) in [6, 6.07) is 14.7. The van der Waals surface area contributed by atoms with E-state index in [1.807, 2.05) is 30.3 Å². The van der Waals surface area contributed by atoms with E-state index in [2.05, 4.69) is 16.2 Å². The Morgan fingerprint density at radius 3 is 2.39 bits per heavy atom. The van der Waals surface area contributed by atoms with Gasteiger partial charge >= 0.3 is 0 Å². The minimum atomic E-state index is -0.429. The van der Waals surface area contributed by atoms with Crippen molar-refractivity contribution in [2.75, 3.05) is 14.2 Å². The van der Waals surface area contributed by atoms with Gasteiger partial charge in [0.25, 0.3) is 5.91 Å². The zero-order chi connectivity index (χ0) is 20.1. The van der Waals surface area contributed by atoms with E-state index < -0.39 is 5.91 Å². The smallest absolute Gasteiger partial charge is 0.257 e. The molecule has 0 spiro atoms. The van der Waals surface area contributed by atoms with E-state index in [0.717, 1.165) is 12.0 Å². The monoisotopic (exact) mass is 399 g/mol. The van der Waals surface area contributed by atoms with Crippen molar-refractivity contribution in [3.63, 3.8) is 0 Å². The maximum absolute atomic E-state index is 12.3. The van der Waals surface area contributed by atoms with Crippen LogP contribution in [-0.2, 0) is 4.79 Å². The number of hydrazine groups is 1. The van der Waals surface area contributed by atoms with E-state index >= 15 is 0 Å². The molecule has 0 aliphatic heterocycles. The summed E-state index contributed by atoms with van der Waals surface area (Å²) in [6.45, 7) is 0. The zero-order valence-electron chi connectivity index (χ0n) is 15.5. The topological polar surface area (TPSA) is 88.7 Å². The first-order valence-corrected chi connectivity index (χ1v) is 9.12. The third kappa shape index (κ3) is 4.58. The molecule has 8 heteroatoms. The number of hydrogen-bond donors (Lipinski definition) is 3. The Morgan fingerprint density at radius 2 is 1.71 bits per heavy atom. The van der Waals surface area contributed by atoms with Crippen LogP contribution in [0.1, 0.15) is 28.3 Å². The molecule has 146 valence electrons. The Morgan fingerprint density at radius 1 is 1.00 bits per heavy atom. The molecule has 0 saturated heterocycles. The Hall–Kier alpha value is -3.13. The van der Waals surface area contributed by atoms with Crippen molar-refractivity contribution < 1.29 is 19.1 Å². The number of hydrogen-bond acceptors (Lipinski definition) is 5. The normalized spacial score (nSPS) is 17.2. The number of ether oxygens (including phenoxy) is 2. The maximum Gasteiger partial charge on any atom is 0.257 e. The lowest BCUT2D eigenvalue weighted by Gasteiger charge is -2.12. The Labute approximate surface area is 168 Å². The van der Waals surface area contributed by atoms with Crippen molar-refractivity contribution >= 4 is 29.1 Å². The summed E-state index contributed by atoms with van der Waals surface area (Å²) in [4.78, 5) is 24.5. The molecule has 3 rings (SSSR count). The van der Waals surface area contributed by atoms with E-state index in [9.17, 15) is 9.59 Å². The van der Waals surface area contributed by atoms with Crippen molar-refractivity contribution in [2.24, 2.45) is 5.92 Å². The summed E-state index contributed by atoms with van der Waals surface area (Å²) in [5.41, 5.74) is 6.62. The fourth-order valence-corrected chi connectivity index (χ4v) is 3.09. The number of methoxy groups -OCH3 is 2. The van der Waals surface area contributed by atoms with Gasteiger partial charge in [-0.25, -0.2) is 0 Å². The fourth-order valence-electron chi connectivity index (χ4n) is 2.95. The highest BCUT2D eigenvalue weighted by molar-refractivity contribution is 7.80. The van der Waals surface area contributed by atoms with Gasteiger partial charge in [-0.3, -0.25) is 25.8 Å². The van der Waals surface area contributed by atoms with Crippen molar-refractivity contribution in [3.05, 3.63) is 59.7 Å². The average Bonchev–Trinajstić information content (AvgIpc) is 3.53. The van der Waals surface area contributed by atoms with E-state index in [1.165, 1.54) is 14.2 Å². The molecule has 7 nitrogen and oxygen atoms in total. The molecule has 0 bridgehead atoms. The van der Waals surface area contributed by atoms with Gasteiger partial charge in [-0.05, 0) is 48.3 Å². The first kappa shape index (κ1) is 19.6. The molecule has 2 aromatic carbocycles. The lowest BCUT2D eigenvalue weighted by Crippen LogP contribution is -2.49. The molecule has 1 saturated carbocycles. The van der Waals surface area contributed by atoms with Crippen LogP contribution < -0.4 is 25.6 Å². The lowest BCUT2D eigenvalue weighted by molar-refractivity contribution is -0.123. The van der Waals surface area contributed by atoms with Gasteiger partial charge in [-0.2, -0.15) is 0 Å². The molecular formula is C20H21N3O4S. The number of rotatable bonds is 5. The second-order valence-corrected chi connectivity index (χ2v) is 6.73. The molecule has 1 aliphatic carbocycles. The highest BCUT2D eigenvalue weighted by Crippen LogP contribution is 2.47. The molecule has 3 N–H and O–H groups in total. The van der Waals surface area contributed by atoms with Gasteiger partial charge < -0.3 is 9.47 Å². The molecule has 0 radical (unpaired) electrons. The molecule has 0 heterocycles. The van der Waals surface area contributed by atoms with Crippen LogP contribution >= 0.6 is 12.2 Å². The predicted octanol–water partition coefficient (Wildman–Crippen LogP) is 2.14. The second kappa shape index (κ2) is 8.71. The van der Waals surface area contributed by atoms with Gasteiger partial charge in [-0.15, -0.1) is 0 Å². The van der Waals surface area contributed by atoms with Crippen LogP contribution in [0.5, 0.6) is 11.5 Å². The first-order valence-electron chi connectivity index (χ1n) is 8.71. The standard InChI is InChI=1S/C20H21N3O4S/c1-26-16-9-8-13(10-17(16)27-2)18(24)21-20(28)23-22-19(25)15-11-14(15)12-6-4-3-5-7-12/h3-10,14-15H,11H2,1-2H3,(H,22,25)(H2,21,23,24,28)/t14-,15+/m0/s1. The van der Waals surface area contributed by atoms with E-state index in [4.69, 9.17) is 21.7 Å². The van der Waals surface area contributed by atoms with Gasteiger partial charge in [0.15, 0.2) is 16.6 Å². The third-order valence-corrected chi connectivity index (χ3v) is 4.73. The molecule has 0 aromatic heterocycles. The molecule has 2 amide bonds. The number of amides is 2. The van der Waals surface area contributed by atoms with Gasteiger partial charge in [0, 0.05) is 11.5 Å². The van der Waals surface area contributed by atoms with Crippen molar-refractivity contribution in [1.82, 2.24) is 16.2 Å². The first-order chi connectivity index (χ1) is 13.5. The van der Waals surface area contributed by atoms with Gasteiger partial charge in [-0.1, -0.05) is 30.3 Å². The zero-order valence-corrected chi connectivity index (χ0v) is 16.3. The number of carbonyl (C=O) groups is 2. The largest absolute Gasteiger partial charge is 0.493 e. The van der Waals surface area contributed by atoms with Crippen LogP contribution in [0.3, 0.4) is 0 Å². The van der Waals surface area contributed by atoms with Crippen LogP contribution in [0.25, 0.3) is 0 Å². The Kier molecular flexibility index (Phi) is 6.10. The summed E-state index contributed by atoms with van der Waals surface area (Å²) in [6.07, 6.45) is 0.794. The van der Waals surface area contributed by atoms with Gasteiger partial charge in [0.05, 0.1) is 14.2 Å². The summed E-state index contributed by atoms with van der Waals surface area (Å²) < 4.78 is 10.3. The third-order valence-electron chi connectivity index (χ3n) is 4.53. The van der Waals surface area contributed by atoms with Crippen molar-refractivity contribution in [2.45, 2.75) is 12.3 Å². The van der Waals surface area contributed by atoms with E-state index in [-0.39, 0.29) is 22.9 Å². The molecule has 0 unspecified atom stereocenters. The average molecular weight is 399 g/mol. The summed E-state index contributed by atoms with van der Waals surface area (Å²) in [5, 5.41) is 2.52. The second-order valence-electron chi connectivity index (χ2n) is 6.33. The van der Waals surface area contributed by atoms with Gasteiger partial charge in [0.2, 0.25) is 5.91 Å². The SMILES string of the molecule is COc1ccc(C(=O)NC(=S)NNC(=O)[C@@H]2C[C@H]2c2ccccc2)cc1OC. The summed E-state index contributed by atoms with van der Waals surface area (Å²) in [5.74, 6) is 0.488. The number of thiocarbonyl (C=S) groups is 1. The van der Waals surface area contributed by atoms with Crippen LogP contribution in [-0.4, -0.2) is 31.1 Å². The minimum Gasteiger partial charge on any atom is -0.493 e. The highest BCUT2D eigenvalue weighted by atomic mass is 32.1. The molecule has 1 fully saturated rings. The number of nitrogens with one attached hydrogen (secondary N) is 3. The predicted molar refractivity (Wildman–Crippen MR) is 108 cm³/mol.